The summed E-state index contributed by atoms with van der Waals surface area (Å²) in [5.41, 5.74) is 1.09. The molecule has 8 heteroatoms. The summed E-state index contributed by atoms with van der Waals surface area (Å²) in [4.78, 5) is 10.1. The average Bonchev–Trinajstić information content (AvgIpc) is 3.08. The number of nitriles is 1. The molecule has 0 saturated carbocycles. The molecule has 0 radical (unpaired) electrons. The van der Waals surface area contributed by atoms with Gasteiger partial charge >= 0.3 is 0 Å². The van der Waals surface area contributed by atoms with E-state index in [2.05, 4.69) is 16.0 Å². The molecule has 1 aliphatic heterocycles. The highest BCUT2D eigenvalue weighted by molar-refractivity contribution is 7.09. The van der Waals surface area contributed by atoms with Crippen molar-refractivity contribution in [1.29, 1.82) is 5.26 Å². The van der Waals surface area contributed by atoms with Gasteiger partial charge in [0.05, 0.1) is 16.5 Å². The fourth-order valence-electron chi connectivity index (χ4n) is 2.78. The molecule has 0 spiro atoms. The molecule has 0 N–H and O–H groups in total. The molecule has 1 aliphatic rings. The van der Waals surface area contributed by atoms with Crippen molar-refractivity contribution in [1.82, 2.24) is 14.9 Å². The van der Waals surface area contributed by atoms with Crippen LogP contribution in [0.25, 0.3) is 0 Å². The van der Waals surface area contributed by atoms with Crippen molar-refractivity contribution in [3.63, 3.8) is 0 Å². The quantitative estimate of drug-likeness (QED) is 0.825. The van der Waals surface area contributed by atoms with Gasteiger partial charge in [-0.25, -0.2) is 18.7 Å². The molecule has 126 valence electrons. The Morgan fingerprint density at radius 1 is 1.29 bits per heavy atom. The zero-order valence-electron chi connectivity index (χ0n) is 12.8. The lowest BCUT2D eigenvalue weighted by Gasteiger charge is -2.34. The van der Waals surface area contributed by atoms with E-state index in [0.717, 1.165) is 24.2 Å². The lowest BCUT2D eigenvalue weighted by Crippen LogP contribution is -2.40. The summed E-state index contributed by atoms with van der Waals surface area (Å²) < 4.78 is 31.9. The van der Waals surface area contributed by atoms with Crippen molar-refractivity contribution in [2.75, 3.05) is 13.1 Å². The Kier molecular flexibility index (Phi) is 5.33. The number of hydrogen-bond donors (Lipinski definition) is 0. The number of rotatable bonds is 5. The van der Waals surface area contributed by atoms with Crippen LogP contribution in [0.3, 0.4) is 0 Å². The smallest absolute Gasteiger partial charge is 0.281 e. The SMILES string of the molecule is N#CC(c1scnc1C(F)F)N1CCC(Oc2ccccn2)CC1. The summed E-state index contributed by atoms with van der Waals surface area (Å²) in [6.45, 7) is 1.21. The maximum absolute atomic E-state index is 13.0. The molecule has 1 fully saturated rings. The van der Waals surface area contributed by atoms with Crippen LogP contribution in [0, 0.1) is 11.3 Å². The van der Waals surface area contributed by atoms with Gasteiger partial charge in [-0.05, 0) is 18.9 Å². The molecular weight excluding hydrogens is 334 g/mol. The van der Waals surface area contributed by atoms with Gasteiger partial charge in [-0.3, -0.25) is 4.90 Å². The molecule has 1 saturated heterocycles. The minimum Gasteiger partial charge on any atom is -0.474 e. The monoisotopic (exact) mass is 350 g/mol. The van der Waals surface area contributed by atoms with E-state index in [-0.39, 0.29) is 11.8 Å². The second kappa shape index (κ2) is 7.64. The van der Waals surface area contributed by atoms with Crippen molar-refractivity contribution < 1.29 is 13.5 Å². The summed E-state index contributed by atoms with van der Waals surface area (Å²) in [6, 6.07) is 6.95. The first-order valence-corrected chi connectivity index (χ1v) is 8.49. The Balaban J connectivity index is 1.63. The maximum Gasteiger partial charge on any atom is 0.281 e. The van der Waals surface area contributed by atoms with Gasteiger partial charge in [0, 0.05) is 25.4 Å². The van der Waals surface area contributed by atoms with Gasteiger partial charge in [-0.1, -0.05) is 6.07 Å². The summed E-state index contributed by atoms with van der Waals surface area (Å²) in [6.07, 6.45) is 0.472. The molecule has 3 rings (SSSR count). The van der Waals surface area contributed by atoms with Crippen molar-refractivity contribution >= 4 is 11.3 Å². The van der Waals surface area contributed by atoms with E-state index in [1.165, 1.54) is 5.51 Å². The molecule has 5 nitrogen and oxygen atoms in total. The van der Waals surface area contributed by atoms with Gasteiger partial charge in [-0.15, -0.1) is 11.3 Å². The zero-order valence-corrected chi connectivity index (χ0v) is 13.6. The van der Waals surface area contributed by atoms with Crippen molar-refractivity contribution in [3.05, 3.63) is 40.5 Å². The number of halogens is 2. The highest BCUT2D eigenvalue weighted by atomic mass is 32.1. The Morgan fingerprint density at radius 2 is 2.08 bits per heavy atom. The van der Waals surface area contributed by atoms with E-state index in [1.807, 2.05) is 17.0 Å². The summed E-state index contributed by atoms with van der Waals surface area (Å²) in [7, 11) is 0. The molecule has 24 heavy (non-hydrogen) atoms. The number of likely N-dealkylation sites (tertiary alicyclic amines) is 1. The normalized spacial score (nSPS) is 17.6. The number of aromatic nitrogens is 2. The number of pyridine rings is 1. The van der Waals surface area contributed by atoms with Gasteiger partial charge in [0.2, 0.25) is 5.88 Å². The van der Waals surface area contributed by atoms with Crippen LogP contribution in [0.15, 0.2) is 29.9 Å². The first-order valence-electron chi connectivity index (χ1n) is 7.62. The van der Waals surface area contributed by atoms with E-state index < -0.39 is 12.5 Å². The van der Waals surface area contributed by atoms with Gasteiger partial charge in [0.15, 0.2) is 0 Å². The first kappa shape index (κ1) is 16.7. The predicted octanol–water partition coefficient (Wildman–Crippen LogP) is 3.58. The minimum atomic E-state index is -2.66. The van der Waals surface area contributed by atoms with Crippen LogP contribution in [0.4, 0.5) is 8.78 Å². The molecular formula is C16H16F2N4OS. The first-order chi connectivity index (χ1) is 11.7. The number of ether oxygens (including phenoxy) is 1. The number of thiazole rings is 1. The molecule has 0 bridgehead atoms. The van der Waals surface area contributed by atoms with Crippen LogP contribution >= 0.6 is 11.3 Å². The summed E-state index contributed by atoms with van der Waals surface area (Å²) in [5.74, 6) is 0.579. The van der Waals surface area contributed by atoms with Crippen molar-refractivity contribution in [2.45, 2.75) is 31.4 Å². The zero-order chi connectivity index (χ0) is 16.9. The second-order valence-electron chi connectivity index (χ2n) is 5.46. The molecule has 3 heterocycles. The van der Waals surface area contributed by atoms with Gasteiger partial charge < -0.3 is 4.74 Å². The van der Waals surface area contributed by atoms with Crippen LogP contribution in [0.2, 0.25) is 0 Å². The van der Waals surface area contributed by atoms with Crippen LogP contribution in [0.5, 0.6) is 5.88 Å². The number of piperidine rings is 1. The van der Waals surface area contributed by atoms with Crippen molar-refractivity contribution in [3.8, 4) is 11.9 Å². The third-order valence-corrected chi connectivity index (χ3v) is 4.87. The van der Waals surface area contributed by atoms with Crippen LogP contribution in [0.1, 0.15) is 35.9 Å². The maximum atomic E-state index is 13.0. The Hall–Kier alpha value is -2.11. The van der Waals surface area contributed by atoms with E-state index >= 15 is 0 Å². The second-order valence-corrected chi connectivity index (χ2v) is 6.34. The van der Waals surface area contributed by atoms with E-state index in [9.17, 15) is 14.0 Å². The van der Waals surface area contributed by atoms with Gasteiger partial charge in [0.1, 0.15) is 17.8 Å². The molecule has 2 aromatic heterocycles. The van der Waals surface area contributed by atoms with Crippen LogP contribution in [-0.2, 0) is 0 Å². The van der Waals surface area contributed by atoms with Crippen molar-refractivity contribution in [2.24, 2.45) is 0 Å². The highest BCUT2D eigenvalue weighted by Crippen LogP contribution is 2.34. The predicted molar refractivity (Wildman–Crippen MR) is 84.9 cm³/mol. The van der Waals surface area contributed by atoms with E-state index in [4.69, 9.17) is 4.74 Å². The lowest BCUT2D eigenvalue weighted by molar-refractivity contribution is 0.0835. The highest BCUT2D eigenvalue weighted by Gasteiger charge is 2.31. The summed E-state index contributed by atoms with van der Waals surface area (Å²) >= 11 is 1.11. The van der Waals surface area contributed by atoms with Gasteiger partial charge in [-0.2, -0.15) is 5.26 Å². The summed E-state index contributed by atoms with van der Waals surface area (Å²) in [5, 5.41) is 9.46. The van der Waals surface area contributed by atoms with E-state index in [0.29, 0.717) is 23.8 Å². The lowest BCUT2D eigenvalue weighted by atomic mass is 10.0. The Morgan fingerprint density at radius 3 is 2.71 bits per heavy atom. The minimum absolute atomic E-state index is 0.0199. The molecule has 0 aromatic carbocycles. The molecule has 1 unspecified atom stereocenters. The Labute approximate surface area is 142 Å². The average molecular weight is 350 g/mol. The number of hydrogen-bond acceptors (Lipinski definition) is 6. The molecule has 0 aliphatic carbocycles. The number of alkyl halides is 2. The third-order valence-electron chi connectivity index (χ3n) is 3.97. The molecule has 2 aromatic rings. The van der Waals surface area contributed by atoms with E-state index in [1.54, 1.807) is 12.3 Å². The fraction of sp³-hybridized carbons (Fsp3) is 0.438. The largest absolute Gasteiger partial charge is 0.474 e. The Bertz CT molecular complexity index is 696. The molecule has 0 amide bonds. The van der Waals surface area contributed by atoms with Gasteiger partial charge in [0.25, 0.3) is 6.43 Å². The number of nitrogens with zero attached hydrogens (tertiary/aromatic N) is 4. The van der Waals surface area contributed by atoms with Crippen LogP contribution in [-0.4, -0.2) is 34.1 Å². The fourth-order valence-corrected chi connectivity index (χ4v) is 3.65. The molecule has 1 atom stereocenters. The standard InChI is InChI=1S/C16H16F2N4OS/c17-16(18)14-15(24-10-21-14)12(9-19)22-7-4-11(5-8-22)23-13-3-1-2-6-20-13/h1-3,6,10-12,16H,4-5,7-8H2. The topological polar surface area (TPSA) is 62.0 Å². The third kappa shape index (κ3) is 3.68. The van der Waals surface area contributed by atoms with Crippen LogP contribution < -0.4 is 4.74 Å².